The highest BCUT2D eigenvalue weighted by molar-refractivity contribution is 6.02. The molecular formula is C12H18N2O. The second kappa shape index (κ2) is 4.53. The fraction of sp³-hybridized carbons (Fsp3) is 0.500. The van der Waals surface area contributed by atoms with Crippen LogP contribution in [0.15, 0.2) is 24.5 Å². The standard InChI is InChI=1S/C12H18N2O/c1-5-12(2,14(3)4)11(15)10-7-6-8-13-9-10/h6-9H,5H2,1-4H3. The number of nitrogens with zero attached hydrogens (tertiary/aromatic N) is 2. The van der Waals surface area contributed by atoms with Crippen molar-refractivity contribution < 1.29 is 4.79 Å². The van der Waals surface area contributed by atoms with Crippen molar-refractivity contribution in [2.75, 3.05) is 14.1 Å². The topological polar surface area (TPSA) is 33.2 Å². The number of hydrogen-bond acceptors (Lipinski definition) is 3. The van der Waals surface area contributed by atoms with Gasteiger partial charge in [0.25, 0.3) is 0 Å². The van der Waals surface area contributed by atoms with Gasteiger partial charge in [0.15, 0.2) is 5.78 Å². The number of carbonyl (C=O) groups excluding carboxylic acids is 1. The first-order chi connectivity index (χ1) is 7.02. The van der Waals surface area contributed by atoms with Gasteiger partial charge in [0.1, 0.15) is 0 Å². The molecule has 1 atom stereocenters. The van der Waals surface area contributed by atoms with E-state index in [0.717, 1.165) is 6.42 Å². The summed E-state index contributed by atoms with van der Waals surface area (Å²) in [7, 11) is 3.86. The lowest BCUT2D eigenvalue weighted by Crippen LogP contribution is -2.48. The van der Waals surface area contributed by atoms with Gasteiger partial charge in [-0.25, -0.2) is 0 Å². The van der Waals surface area contributed by atoms with Crippen molar-refractivity contribution in [2.24, 2.45) is 0 Å². The second-order valence-electron chi connectivity index (χ2n) is 4.09. The molecule has 0 spiro atoms. The summed E-state index contributed by atoms with van der Waals surface area (Å²) >= 11 is 0. The van der Waals surface area contributed by atoms with Gasteiger partial charge in [0, 0.05) is 18.0 Å². The summed E-state index contributed by atoms with van der Waals surface area (Å²) < 4.78 is 0. The minimum atomic E-state index is -0.441. The molecule has 0 aliphatic carbocycles. The molecule has 0 aliphatic heterocycles. The van der Waals surface area contributed by atoms with Gasteiger partial charge in [-0.3, -0.25) is 14.7 Å². The molecule has 1 unspecified atom stereocenters. The molecule has 1 rings (SSSR count). The molecule has 0 bridgehead atoms. The minimum Gasteiger partial charge on any atom is -0.297 e. The Morgan fingerprint density at radius 1 is 1.53 bits per heavy atom. The predicted octanol–water partition coefficient (Wildman–Crippen LogP) is 1.99. The lowest BCUT2D eigenvalue weighted by molar-refractivity contribution is 0.0710. The van der Waals surface area contributed by atoms with Crippen LogP contribution in [0.5, 0.6) is 0 Å². The third kappa shape index (κ3) is 2.23. The SMILES string of the molecule is CCC(C)(C(=O)c1cccnc1)N(C)C. The molecule has 0 radical (unpaired) electrons. The van der Waals surface area contributed by atoms with Crippen LogP contribution in [0, 0.1) is 0 Å². The molecule has 0 saturated carbocycles. The van der Waals surface area contributed by atoms with E-state index < -0.39 is 5.54 Å². The summed E-state index contributed by atoms with van der Waals surface area (Å²) in [6.07, 6.45) is 4.09. The largest absolute Gasteiger partial charge is 0.297 e. The van der Waals surface area contributed by atoms with Crippen LogP contribution in [0.3, 0.4) is 0 Å². The van der Waals surface area contributed by atoms with Crippen LogP contribution in [0.1, 0.15) is 30.6 Å². The van der Waals surface area contributed by atoms with Gasteiger partial charge < -0.3 is 0 Å². The Balaban J connectivity index is 3.03. The maximum absolute atomic E-state index is 12.3. The molecule has 1 aromatic rings. The third-order valence-electron chi connectivity index (χ3n) is 3.09. The number of rotatable bonds is 4. The zero-order valence-electron chi connectivity index (χ0n) is 9.82. The fourth-order valence-electron chi connectivity index (χ4n) is 1.49. The Morgan fingerprint density at radius 3 is 2.60 bits per heavy atom. The number of likely N-dealkylation sites (N-methyl/N-ethyl adjacent to an activating group) is 1. The Kier molecular flexibility index (Phi) is 3.58. The second-order valence-corrected chi connectivity index (χ2v) is 4.09. The minimum absolute atomic E-state index is 0.128. The van der Waals surface area contributed by atoms with Crippen LogP contribution >= 0.6 is 0 Å². The van der Waals surface area contributed by atoms with Gasteiger partial charge in [-0.05, 0) is 39.6 Å². The van der Waals surface area contributed by atoms with Crippen LogP contribution < -0.4 is 0 Å². The molecule has 82 valence electrons. The molecule has 0 N–H and O–H groups in total. The predicted molar refractivity (Wildman–Crippen MR) is 61.0 cm³/mol. The summed E-state index contributed by atoms with van der Waals surface area (Å²) in [5.41, 5.74) is 0.235. The molecule has 0 saturated heterocycles. The normalized spacial score (nSPS) is 15.0. The first kappa shape index (κ1) is 11.9. The van der Waals surface area contributed by atoms with E-state index in [1.54, 1.807) is 18.5 Å². The van der Waals surface area contributed by atoms with Gasteiger partial charge >= 0.3 is 0 Å². The Morgan fingerprint density at radius 2 is 2.20 bits per heavy atom. The van der Waals surface area contributed by atoms with E-state index in [-0.39, 0.29) is 5.78 Å². The number of pyridine rings is 1. The Labute approximate surface area is 91.1 Å². The average Bonchev–Trinajstić information content (AvgIpc) is 2.28. The van der Waals surface area contributed by atoms with Crippen molar-refractivity contribution >= 4 is 5.78 Å². The molecular weight excluding hydrogens is 188 g/mol. The van der Waals surface area contributed by atoms with Crippen LogP contribution in [-0.4, -0.2) is 35.3 Å². The summed E-state index contributed by atoms with van der Waals surface area (Å²) in [5, 5.41) is 0. The summed E-state index contributed by atoms with van der Waals surface area (Å²) in [4.78, 5) is 18.2. The van der Waals surface area contributed by atoms with Crippen LogP contribution in [0.4, 0.5) is 0 Å². The van der Waals surface area contributed by atoms with Gasteiger partial charge in [0.2, 0.25) is 0 Å². The Bertz CT molecular complexity index is 335. The van der Waals surface area contributed by atoms with E-state index in [9.17, 15) is 4.79 Å². The van der Waals surface area contributed by atoms with Crippen LogP contribution in [0.2, 0.25) is 0 Å². The number of hydrogen-bond donors (Lipinski definition) is 0. The maximum atomic E-state index is 12.3. The zero-order chi connectivity index (χ0) is 11.5. The number of carbonyl (C=O) groups is 1. The molecule has 0 aliphatic rings. The lowest BCUT2D eigenvalue weighted by Gasteiger charge is -2.33. The highest BCUT2D eigenvalue weighted by Gasteiger charge is 2.34. The van der Waals surface area contributed by atoms with Gasteiger partial charge in [0.05, 0.1) is 5.54 Å². The number of aromatic nitrogens is 1. The van der Waals surface area contributed by atoms with Crippen molar-refractivity contribution in [2.45, 2.75) is 25.8 Å². The van der Waals surface area contributed by atoms with Gasteiger partial charge in [-0.2, -0.15) is 0 Å². The van der Waals surface area contributed by atoms with Crippen molar-refractivity contribution in [3.05, 3.63) is 30.1 Å². The summed E-state index contributed by atoms with van der Waals surface area (Å²) in [6, 6.07) is 3.60. The van der Waals surface area contributed by atoms with E-state index in [0.29, 0.717) is 5.56 Å². The highest BCUT2D eigenvalue weighted by Crippen LogP contribution is 2.21. The molecule has 0 aromatic carbocycles. The van der Waals surface area contributed by atoms with Gasteiger partial charge in [-0.1, -0.05) is 6.92 Å². The summed E-state index contributed by atoms with van der Waals surface area (Å²) in [5.74, 6) is 0.128. The maximum Gasteiger partial charge on any atom is 0.184 e. The van der Waals surface area contributed by atoms with Crippen molar-refractivity contribution in [3.63, 3.8) is 0 Å². The fourth-order valence-corrected chi connectivity index (χ4v) is 1.49. The van der Waals surface area contributed by atoms with Crippen LogP contribution in [-0.2, 0) is 0 Å². The van der Waals surface area contributed by atoms with Gasteiger partial charge in [-0.15, -0.1) is 0 Å². The molecule has 1 heterocycles. The zero-order valence-corrected chi connectivity index (χ0v) is 9.82. The summed E-state index contributed by atoms with van der Waals surface area (Å²) in [6.45, 7) is 3.98. The molecule has 0 amide bonds. The van der Waals surface area contributed by atoms with E-state index in [1.807, 2.05) is 38.9 Å². The molecule has 15 heavy (non-hydrogen) atoms. The molecule has 3 nitrogen and oxygen atoms in total. The monoisotopic (exact) mass is 206 g/mol. The van der Waals surface area contributed by atoms with E-state index >= 15 is 0 Å². The van der Waals surface area contributed by atoms with Crippen molar-refractivity contribution in [1.82, 2.24) is 9.88 Å². The van der Waals surface area contributed by atoms with E-state index in [4.69, 9.17) is 0 Å². The first-order valence-electron chi connectivity index (χ1n) is 5.14. The average molecular weight is 206 g/mol. The number of ketones is 1. The molecule has 3 heteroatoms. The molecule has 0 fully saturated rings. The quantitative estimate of drug-likeness (QED) is 0.706. The smallest absolute Gasteiger partial charge is 0.184 e. The van der Waals surface area contributed by atoms with E-state index in [2.05, 4.69) is 4.98 Å². The van der Waals surface area contributed by atoms with E-state index in [1.165, 1.54) is 0 Å². The van der Waals surface area contributed by atoms with Crippen molar-refractivity contribution in [1.29, 1.82) is 0 Å². The molecule has 1 aromatic heterocycles. The highest BCUT2D eigenvalue weighted by atomic mass is 16.1. The lowest BCUT2D eigenvalue weighted by atomic mass is 9.88. The van der Waals surface area contributed by atoms with Crippen LogP contribution in [0.25, 0.3) is 0 Å². The van der Waals surface area contributed by atoms with Crippen molar-refractivity contribution in [3.8, 4) is 0 Å². The Hall–Kier alpha value is -1.22. The first-order valence-corrected chi connectivity index (χ1v) is 5.14. The third-order valence-corrected chi connectivity index (χ3v) is 3.09. The number of Topliss-reactive ketones (excluding diaryl/α,β-unsaturated/α-hetero) is 1.